The number of carbonyl (C=O) groups is 1. The summed E-state index contributed by atoms with van der Waals surface area (Å²) in [5.41, 5.74) is 3.41. The lowest BCUT2D eigenvalue weighted by molar-refractivity contribution is 0.0970. The molecule has 0 radical (unpaired) electrons. The molecule has 8 nitrogen and oxygen atoms in total. The highest BCUT2D eigenvalue weighted by Crippen LogP contribution is 2.47. The lowest BCUT2D eigenvalue weighted by Crippen LogP contribution is -2.51. The van der Waals surface area contributed by atoms with Crippen molar-refractivity contribution in [3.63, 3.8) is 0 Å². The minimum atomic E-state index is -2.15. The molecule has 0 saturated heterocycles. The summed E-state index contributed by atoms with van der Waals surface area (Å²) in [4.78, 5) is 25.1. The van der Waals surface area contributed by atoms with Crippen LogP contribution in [-0.4, -0.2) is 68.0 Å². The van der Waals surface area contributed by atoms with Gasteiger partial charge in [-0.3, -0.25) is 9.48 Å². The zero-order valence-corrected chi connectivity index (χ0v) is 34.8. The third kappa shape index (κ3) is 8.39. The van der Waals surface area contributed by atoms with Crippen LogP contribution in [0.15, 0.2) is 53.5 Å². The van der Waals surface area contributed by atoms with E-state index in [4.69, 9.17) is 8.85 Å². The standard InChI is InChI=1S/C37H58BrN5O3Si2/c1-25(2)48(26(3)4,27(5)6)46-34-20-31(19-29(34)23-45-47(11,12)37(7,8)9)42(10)36-32(21-39-24-40-36)35(44)33-16-17-43(41-33)22-28-14-13-15-30(38)18-28/h13-18,21,24-27,29,31,34H,19-20,22-23H2,1-12H3/t29-,31-,34+/m1/s1. The van der Waals surface area contributed by atoms with E-state index in [9.17, 15) is 4.79 Å². The van der Waals surface area contributed by atoms with E-state index in [0.717, 1.165) is 22.9 Å². The summed E-state index contributed by atoms with van der Waals surface area (Å²) in [6.07, 6.45) is 6.86. The van der Waals surface area contributed by atoms with Crippen molar-refractivity contribution in [2.75, 3.05) is 18.6 Å². The molecule has 4 rings (SSSR count). The van der Waals surface area contributed by atoms with Crippen LogP contribution in [0.25, 0.3) is 0 Å². The molecule has 1 fully saturated rings. The molecule has 2 heterocycles. The molecule has 2 aromatic heterocycles. The van der Waals surface area contributed by atoms with Gasteiger partial charge in [0.2, 0.25) is 14.1 Å². The lowest BCUT2D eigenvalue weighted by Gasteiger charge is -2.45. The largest absolute Gasteiger partial charge is 0.416 e. The fraction of sp³-hybridized carbons (Fsp3) is 0.622. The number of carbonyl (C=O) groups excluding carboxylic acids is 1. The summed E-state index contributed by atoms with van der Waals surface area (Å²) >= 11 is 3.54. The topological polar surface area (TPSA) is 82.4 Å². The number of halogens is 1. The molecule has 0 unspecified atom stereocenters. The van der Waals surface area contributed by atoms with Crippen LogP contribution >= 0.6 is 15.9 Å². The van der Waals surface area contributed by atoms with Crippen molar-refractivity contribution in [2.45, 2.75) is 129 Å². The van der Waals surface area contributed by atoms with Crippen molar-refractivity contribution < 1.29 is 13.6 Å². The van der Waals surface area contributed by atoms with Gasteiger partial charge in [0.05, 0.1) is 18.2 Å². The zero-order chi connectivity index (χ0) is 35.6. The van der Waals surface area contributed by atoms with Gasteiger partial charge >= 0.3 is 0 Å². The van der Waals surface area contributed by atoms with Crippen LogP contribution in [0.2, 0.25) is 34.8 Å². The Hall–Kier alpha value is -2.19. The lowest BCUT2D eigenvalue weighted by atomic mass is 10.1. The molecule has 3 atom stereocenters. The first-order valence-corrected chi connectivity index (χ1v) is 23.4. The highest BCUT2D eigenvalue weighted by atomic mass is 79.9. The summed E-state index contributed by atoms with van der Waals surface area (Å²) in [6.45, 7) is 26.9. The smallest absolute Gasteiger partial charge is 0.218 e. The predicted molar refractivity (Wildman–Crippen MR) is 205 cm³/mol. The molecule has 0 amide bonds. The van der Waals surface area contributed by atoms with E-state index in [2.05, 4.69) is 124 Å². The van der Waals surface area contributed by atoms with Crippen LogP contribution in [-0.2, 0) is 15.4 Å². The van der Waals surface area contributed by atoms with Gasteiger partial charge in [-0.2, -0.15) is 5.10 Å². The van der Waals surface area contributed by atoms with Crippen molar-refractivity contribution in [2.24, 2.45) is 5.92 Å². The van der Waals surface area contributed by atoms with Gasteiger partial charge in [0.1, 0.15) is 17.8 Å². The van der Waals surface area contributed by atoms with Crippen LogP contribution in [0.5, 0.6) is 0 Å². The van der Waals surface area contributed by atoms with Crippen LogP contribution < -0.4 is 4.90 Å². The van der Waals surface area contributed by atoms with Gasteiger partial charge in [-0.15, -0.1) is 0 Å². The first kappa shape index (κ1) is 38.6. The molecule has 0 spiro atoms. The number of hydrogen-bond acceptors (Lipinski definition) is 7. The van der Waals surface area contributed by atoms with E-state index in [1.165, 1.54) is 6.33 Å². The molecule has 1 saturated carbocycles. The Morgan fingerprint density at radius 2 is 1.73 bits per heavy atom. The minimum Gasteiger partial charge on any atom is -0.416 e. The molecule has 0 N–H and O–H groups in total. The third-order valence-electron chi connectivity index (χ3n) is 11.1. The average molecular weight is 757 g/mol. The van der Waals surface area contributed by atoms with Gasteiger partial charge < -0.3 is 13.8 Å². The molecular formula is C37H58BrN5O3Si2. The normalized spacial score (nSPS) is 19.1. The van der Waals surface area contributed by atoms with Gasteiger partial charge in [-0.25, -0.2) is 9.97 Å². The van der Waals surface area contributed by atoms with Crippen LogP contribution in [0.1, 0.15) is 96.8 Å². The predicted octanol–water partition coefficient (Wildman–Crippen LogP) is 9.51. The Morgan fingerprint density at radius 1 is 1.06 bits per heavy atom. The maximum absolute atomic E-state index is 13.9. The number of benzene rings is 1. The van der Waals surface area contributed by atoms with Crippen molar-refractivity contribution in [3.05, 3.63) is 70.3 Å². The van der Waals surface area contributed by atoms with E-state index in [-0.39, 0.29) is 28.9 Å². The first-order valence-electron chi connectivity index (χ1n) is 17.5. The Balaban J connectivity index is 1.61. The van der Waals surface area contributed by atoms with Crippen LogP contribution in [0.4, 0.5) is 5.82 Å². The summed E-state index contributed by atoms with van der Waals surface area (Å²) in [6, 6.07) is 10.0. The summed E-state index contributed by atoms with van der Waals surface area (Å²) in [5, 5.41) is 4.77. The molecule has 1 aliphatic carbocycles. The molecule has 1 aliphatic rings. The highest BCUT2D eigenvalue weighted by molar-refractivity contribution is 9.10. The number of aromatic nitrogens is 4. The molecule has 1 aromatic carbocycles. The molecular weight excluding hydrogens is 699 g/mol. The fourth-order valence-corrected chi connectivity index (χ4v) is 14.5. The van der Waals surface area contributed by atoms with Gasteiger partial charge in [0.25, 0.3) is 0 Å². The maximum atomic E-state index is 13.9. The van der Waals surface area contributed by atoms with E-state index in [1.54, 1.807) is 16.9 Å². The van der Waals surface area contributed by atoms with Crippen LogP contribution in [0.3, 0.4) is 0 Å². The van der Waals surface area contributed by atoms with Crippen LogP contribution in [0, 0.1) is 5.92 Å². The molecule has 48 heavy (non-hydrogen) atoms. The second kappa shape index (κ2) is 15.4. The monoisotopic (exact) mass is 755 g/mol. The Morgan fingerprint density at radius 3 is 2.33 bits per heavy atom. The van der Waals surface area contributed by atoms with Crippen molar-refractivity contribution in [3.8, 4) is 0 Å². The van der Waals surface area contributed by atoms with Crippen molar-refractivity contribution in [1.29, 1.82) is 0 Å². The summed E-state index contributed by atoms with van der Waals surface area (Å²) in [5.74, 6) is 0.704. The number of ketones is 1. The van der Waals surface area contributed by atoms with Crippen molar-refractivity contribution >= 4 is 44.2 Å². The fourth-order valence-electron chi connectivity index (χ4n) is 7.36. The Bertz CT molecular complexity index is 1520. The zero-order valence-electron chi connectivity index (χ0n) is 31.3. The second-order valence-electron chi connectivity index (χ2n) is 16.2. The maximum Gasteiger partial charge on any atom is 0.218 e. The number of rotatable bonds is 14. The average Bonchev–Trinajstić information content (AvgIpc) is 3.64. The first-order chi connectivity index (χ1) is 22.4. The Kier molecular flexibility index (Phi) is 12.4. The van der Waals surface area contributed by atoms with Gasteiger partial charge in [-0.1, -0.05) is 90.4 Å². The second-order valence-corrected chi connectivity index (χ2v) is 27.3. The van der Waals surface area contributed by atoms with E-state index in [1.807, 2.05) is 24.4 Å². The quantitative estimate of drug-likeness (QED) is 0.120. The highest BCUT2D eigenvalue weighted by Gasteiger charge is 2.50. The molecule has 0 aliphatic heterocycles. The number of anilines is 1. The van der Waals surface area contributed by atoms with E-state index < -0.39 is 16.6 Å². The van der Waals surface area contributed by atoms with E-state index in [0.29, 0.717) is 46.9 Å². The number of nitrogens with zero attached hydrogens (tertiary/aromatic N) is 5. The molecule has 0 bridgehead atoms. The molecule has 264 valence electrons. The third-order valence-corrected chi connectivity index (χ3v) is 22.2. The summed E-state index contributed by atoms with van der Waals surface area (Å²) in [7, 11) is -2.05. The molecule has 3 aromatic rings. The van der Waals surface area contributed by atoms with Crippen molar-refractivity contribution in [1.82, 2.24) is 19.7 Å². The minimum absolute atomic E-state index is 0.0794. The SMILES string of the molecule is CC(C)[Si](O[C@H]1C[C@H](N(C)c2ncncc2C(=O)c2ccn(Cc3cccc(Br)c3)n2)C[C@@H]1CO[Si](C)(C)C(C)(C)C)(C(C)C)C(C)C. The van der Waals surface area contributed by atoms with Gasteiger partial charge in [0.15, 0.2) is 8.32 Å². The summed E-state index contributed by atoms with van der Waals surface area (Å²) < 4.78 is 17.2. The Labute approximate surface area is 299 Å². The molecule has 11 heteroatoms. The number of hydrogen-bond donors (Lipinski definition) is 0. The van der Waals surface area contributed by atoms with Gasteiger partial charge in [-0.05, 0) is 71.4 Å². The van der Waals surface area contributed by atoms with Gasteiger partial charge in [0, 0.05) is 42.5 Å². The van der Waals surface area contributed by atoms with E-state index >= 15 is 0 Å².